The lowest BCUT2D eigenvalue weighted by atomic mass is 10.2. The fourth-order valence-corrected chi connectivity index (χ4v) is 1.54. The minimum Gasteiger partial charge on any atom is -0.370 e. The first-order valence-corrected chi connectivity index (χ1v) is 5.98. The van der Waals surface area contributed by atoms with Crippen molar-refractivity contribution in [3.8, 4) is 0 Å². The third-order valence-electron chi connectivity index (χ3n) is 2.47. The standard InChI is InChI=1S/C12H18N6/c1-9(2)7-15-12(13)16-8-10-3-5-14-11-4-6-17-18(10)11/h3-6,9H,7-8H2,1-2H3,(H3,13,15,16). The maximum atomic E-state index is 5.78. The van der Waals surface area contributed by atoms with Crippen LogP contribution in [0.25, 0.3) is 5.65 Å². The molecule has 0 aliphatic heterocycles. The van der Waals surface area contributed by atoms with Crippen molar-refractivity contribution in [1.82, 2.24) is 19.9 Å². The summed E-state index contributed by atoms with van der Waals surface area (Å²) in [6.45, 7) is 5.55. The maximum Gasteiger partial charge on any atom is 0.188 e. The first-order chi connectivity index (χ1) is 8.66. The SMILES string of the molecule is CC(C)CNC(N)=NCc1ccnc2ccnn12. The van der Waals surface area contributed by atoms with Gasteiger partial charge in [-0.05, 0) is 12.0 Å². The van der Waals surface area contributed by atoms with E-state index in [1.165, 1.54) is 0 Å². The van der Waals surface area contributed by atoms with Gasteiger partial charge in [-0.15, -0.1) is 0 Å². The average Bonchev–Trinajstić information content (AvgIpc) is 2.82. The summed E-state index contributed by atoms with van der Waals surface area (Å²) in [4.78, 5) is 8.48. The quantitative estimate of drug-likeness (QED) is 0.617. The largest absolute Gasteiger partial charge is 0.370 e. The summed E-state index contributed by atoms with van der Waals surface area (Å²) in [5.41, 5.74) is 7.56. The van der Waals surface area contributed by atoms with Gasteiger partial charge in [0.25, 0.3) is 0 Å². The van der Waals surface area contributed by atoms with Crippen LogP contribution in [-0.4, -0.2) is 27.1 Å². The number of nitrogens with zero attached hydrogens (tertiary/aromatic N) is 4. The Morgan fingerprint density at radius 1 is 1.44 bits per heavy atom. The number of aromatic nitrogens is 3. The summed E-state index contributed by atoms with van der Waals surface area (Å²) in [5, 5.41) is 7.27. The van der Waals surface area contributed by atoms with Gasteiger partial charge in [0, 0.05) is 18.8 Å². The second-order valence-electron chi connectivity index (χ2n) is 4.51. The number of nitrogens with one attached hydrogen (secondary N) is 1. The Labute approximate surface area is 106 Å². The number of hydrogen-bond acceptors (Lipinski definition) is 3. The maximum absolute atomic E-state index is 5.78. The number of nitrogens with two attached hydrogens (primary N) is 1. The molecule has 0 bridgehead atoms. The molecule has 0 unspecified atom stereocenters. The average molecular weight is 246 g/mol. The molecule has 0 aliphatic rings. The molecule has 0 fully saturated rings. The van der Waals surface area contributed by atoms with Gasteiger partial charge in [-0.3, -0.25) is 0 Å². The van der Waals surface area contributed by atoms with Crippen LogP contribution in [0.5, 0.6) is 0 Å². The number of rotatable bonds is 4. The summed E-state index contributed by atoms with van der Waals surface area (Å²) < 4.78 is 1.76. The van der Waals surface area contributed by atoms with Crippen LogP contribution in [0.1, 0.15) is 19.5 Å². The molecule has 2 aromatic heterocycles. The van der Waals surface area contributed by atoms with Crippen LogP contribution in [0, 0.1) is 5.92 Å². The highest BCUT2D eigenvalue weighted by Crippen LogP contribution is 2.04. The zero-order chi connectivity index (χ0) is 13.0. The van der Waals surface area contributed by atoms with Crippen LogP contribution in [0.2, 0.25) is 0 Å². The Hall–Kier alpha value is -2.11. The van der Waals surface area contributed by atoms with Crippen molar-refractivity contribution in [1.29, 1.82) is 0 Å². The van der Waals surface area contributed by atoms with E-state index in [-0.39, 0.29) is 0 Å². The molecule has 0 spiro atoms. The second kappa shape index (κ2) is 5.48. The zero-order valence-corrected chi connectivity index (χ0v) is 10.7. The predicted octanol–water partition coefficient (Wildman–Crippen LogP) is 0.790. The minimum atomic E-state index is 0.459. The topological polar surface area (TPSA) is 80.6 Å². The number of guanidine groups is 1. The highest BCUT2D eigenvalue weighted by atomic mass is 15.3. The van der Waals surface area contributed by atoms with Gasteiger partial charge in [0.2, 0.25) is 0 Å². The lowest BCUT2D eigenvalue weighted by Crippen LogP contribution is -2.34. The van der Waals surface area contributed by atoms with Gasteiger partial charge in [0.05, 0.1) is 18.4 Å². The highest BCUT2D eigenvalue weighted by molar-refractivity contribution is 5.77. The molecule has 2 rings (SSSR count). The summed E-state index contributed by atoms with van der Waals surface area (Å²) in [7, 11) is 0. The molecule has 0 amide bonds. The zero-order valence-electron chi connectivity index (χ0n) is 10.7. The molecular weight excluding hydrogens is 228 g/mol. The van der Waals surface area contributed by atoms with E-state index < -0.39 is 0 Å². The Bertz CT molecular complexity index is 542. The first kappa shape index (κ1) is 12.3. The van der Waals surface area contributed by atoms with E-state index in [4.69, 9.17) is 5.73 Å². The lowest BCUT2D eigenvalue weighted by molar-refractivity contribution is 0.621. The van der Waals surface area contributed by atoms with Crippen LogP contribution in [0.3, 0.4) is 0 Å². The van der Waals surface area contributed by atoms with E-state index in [2.05, 4.69) is 34.2 Å². The van der Waals surface area contributed by atoms with Crippen LogP contribution < -0.4 is 11.1 Å². The Morgan fingerprint density at radius 3 is 3.06 bits per heavy atom. The van der Waals surface area contributed by atoms with Crippen LogP contribution in [0.15, 0.2) is 29.5 Å². The molecule has 6 nitrogen and oxygen atoms in total. The Morgan fingerprint density at radius 2 is 2.28 bits per heavy atom. The van der Waals surface area contributed by atoms with Crippen molar-refractivity contribution in [2.45, 2.75) is 20.4 Å². The number of aliphatic imine (C=N–C) groups is 1. The van der Waals surface area contributed by atoms with Crippen molar-refractivity contribution in [3.63, 3.8) is 0 Å². The van der Waals surface area contributed by atoms with Gasteiger partial charge in [-0.1, -0.05) is 13.8 Å². The number of hydrogen-bond donors (Lipinski definition) is 2. The van der Waals surface area contributed by atoms with Crippen molar-refractivity contribution in [3.05, 3.63) is 30.2 Å². The molecule has 0 saturated heterocycles. The molecule has 0 aliphatic carbocycles. The minimum absolute atomic E-state index is 0.459. The molecule has 0 aromatic carbocycles. The van der Waals surface area contributed by atoms with Gasteiger partial charge in [-0.25, -0.2) is 14.5 Å². The van der Waals surface area contributed by atoms with Gasteiger partial charge in [0.15, 0.2) is 11.6 Å². The highest BCUT2D eigenvalue weighted by Gasteiger charge is 2.01. The molecule has 0 radical (unpaired) electrons. The smallest absolute Gasteiger partial charge is 0.188 e. The van der Waals surface area contributed by atoms with Gasteiger partial charge < -0.3 is 11.1 Å². The Balaban J connectivity index is 2.05. The van der Waals surface area contributed by atoms with Crippen LogP contribution >= 0.6 is 0 Å². The third-order valence-corrected chi connectivity index (χ3v) is 2.47. The predicted molar refractivity (Wildman–Crippen MR) is 71.2 cm³/mol. The normalized spacial score (nSPS) is 12.3. The Kier molecular flexibility index (Phi) is 3.76. The van der Waals surface area contributed by atoms with Crippen molar-refractivity contribution >= 4 is 11.6 Å². The molecule has 3 N–H and O–H groups in total. The van der Waals surface area contributed by atoms with Crippen molar-refractivity contribution in [2.75, 3.05) is 6.54 Å². The molecule has 2 heterocycles. The van der Waals surface area contributed by atoms with E-state index >= 15 is 0 Å². The molecule has 0 saturated carbocycles. The molecule has 18 heavy (non-hydrogen) atoms. The van der Waals surface area contributed by atoms with E-state index in [0.29, 0.717) is 18.4 Å². The summed E-state index contributed by atoms with van der Waals surface area (Å²) in [5.74, 6) is 0.998. The van der Waals surface area contributed by atoms with Gasteiger partial charge in [0.1, 0.15) is 0 Å². The molecule has 6 heteroatoms. The molecular formula is C12H18N6. The molecule has 0 atom stereocenters. The van der Waals surface area contributed by atoms with Crippen LogP contribution in [0.4, 0.5) is 0 Å². The van der Waals surface area contributed by atoms with E-state index in [0.717, 1.165) is 17.9 Å². The fraction of sp³-hybridized carbons (Fsp3) is 0.417. The number of fused-ring (bicyclic) bond motifs is 1. The van der Waals surface area contributed by atoms with E-state index in [1.54, 1.807) is 16.9 Å². The van der Waals surface area contributed by atoms with Gasteiger partial charge in [-0.2, -0.15) is 5.10 Å². The third kappa shape index (κ3) is 2.97. The van der Waals surface area contributed by atoms with Crippen molar-refractivity contribution in [2.24, 2.45) is 16.6 Å². The summed E-state index contributed by atoms with van der Waals surface area (Å²) >= 11 is 0. The fourth-order valence-electron chi connectivity index (χ4n) is 1.54. The van der Waals surface area contributed by atoms with Crippen molar-refractivity contribution < 1.29 is 0 Å². The summed E-state index contributed by atoms with van der Waals surface area (Å²) in [6, 6.07) is 3.74. The monoisotopic (exact) mass is 246 g/mol. The lowest BCUT2D eigenvalue weighted by Gasteiger charge is -2.08. The summed E-state index contributed by atoms with van der Waals surface area (Å²) in [6.07, 6.45) is 3.47. The molecule has 96 valence electrons. The van der Waals surface area contributed by atoms with E-state index in [1.807, 2.05) is 12.1 Å². The van der Waals surface area contributed by atoms with E-state index in [9.17, 15) is 0 Å². The van der Waals surface area contributed by atoms with Gasteiger partial charge >= 0.3 is 0 Å². The van der Waals surface area contributed by atoms with Crippen LogP contribution in [-0.2, 0) is 6.54 Å². The first-order valence-electron chi connectivity index (χ1n) is 5.98. The second-order valence-corrected chi connectivity index (χ2v) is 4.51. The molecule has 2 aromatic rings.